The van der Waals surface area contributed by atoms with E-state index in [2.05, 4.69) is 15.6 Å². The van der Waals surface area contributed by atoms with Crippen LogP contribution in [-0.2, 0) is 4.74 Å². The third-order valence-corrected chi connectivity index (χ3v) is 4.34. The summed E-state index contributed by atoms with van der Waals surface area (Å²) in [5.74, 6) is 1.66. The van der Waals surface area contributed by atoms with Crippen LogP contribution in [0.4, 0.5) is 4.39 Å². The number of hydrogen-bond donors (Lipinski definition) is 2. The van der Waals surface area contributed by atoms with Gasteiger partial charge in [0.15, 0.2) is 5.96 Å². The van der Waals surface area contributed by atoms with Crippen LogP contribution in [0.1, 0.15) is 25.7 Å². The van der Waals surface area contributed by atoms with Gasteiger partial charge >= 0.3 is 0 Å². The van der Waals surface area contributed by atoms with E-state index in [4.69, 9.17) is 4.74 Å². The highest BCUT2D eigenvalue weighted by Crippen LogP contribution is 2.18. The summed E-state index contributed by atoms with van der Waals surface area (Å²) in [5.41, 5.74) is 0. The molecule has 0 saturated carbocycles. The van der Waals surface area contributed by atoms with Crippen molar-refractivity contribution in [3.63, 3.8) is 0 Å². The summed E-state index contributed by atoms with van der Waals surface area (Å²) in [6.07, 6.45) is 4.40. The second-order valence-electron chi connectivity index (χ2n) is 5.14. The van der Waals surface area contributed by atoms with Crippen molar-refractivity contribution in [1.29, 1.82) is 0 Å². The monoisotopic (exact) mass is 341 g/mol. The number of nitrogens with zero attached hydrogens (tertiary/aromatic N) is 1. The number of unbranched alkanes of at least 4 members (excludes halogenated alkanes) is 2. The van der Waals surface area contributed by atoms with E-state index in [0.717, 1.165) is 62.0 Å². The highest BCUT2D eigenvalue weighted by atomic mass is 32.2. The number of rotatable bonds is 11. The molecule has 0 unspecified atom stereocenters. The summed E-state index contributed by atoms with van der Waals surface area (Å²) >= 11 is 1.74. The van der Waals surface area contributed by atoms with Gasteiger partial charge in [-0.1, -0.05) is 0 Å². The van der Waals surface area contributed by atoms with Crippen LogP contribution < -0.4 is 10.6 Å². The number of hydrogen-bond acceptors (Lipinski definition) is 3. The van der Waals surface area contributed by atoms with E-state index in [1.165, 1.54) is 12.1 Å². The first-order valence-corrected chi connectivity index (χ1v) is 9.06. The van der Waals surface area contributed by atoms with Gasteiger partial charge in [-0.25, -0.2) is 4.39 Å². The molecular weight excluding hydrogens is 313 g/mol. The zero-order valence-electron chi connectivity index (χ0n) is 14.1. The number of methoxy groups -OCH3 is 1. The zero-order valence-corrected chi connectivity index (χ0v) is 14.9. The average molecular weight is 341 g/mol. The smallest absolute Gasteiger partial charge is 0.190 e. The van der Waals surface area contributed by atoms with Crippen molar-refractivity contribution in [2.75, 3.05) is 39.6 Å². The van der Waals surface area contributed by atoms with Crippen LogP contribution in [0.2, 0.25) is 0 Å². The molecule has 0 fully saturated rings. The van der Waals surface area contributed by atoms with Crippen molar-refractivity contribution < 1.29 is 9.13 Å². The third-order valence-electron chi connectivity index (χ3n) is 3.24. The molecule has 0 aliphatic heterocycles. The largest absolute Gasteiger partial charge is 0.385 e. The third kappa shape index (κ3) is 10.2. The molecule has 0 heterocycles. The van der Waals surface area contributed by atoms with Gasteiger partial charge in [-0.2, -0.15) is 0 Å². The topological polar surface area (TPSA) is 45.7 Å². The predicted octanol–water partition coefficient (Wildman–Crippen LogP) is 3.29. The number of thioether (sulfide) groups is 1. The summed E-state index contributed by atoms with van der Waals surface area (Å²) in [5, 5.41) is 6.62. The molecule has 0 bridgehead atoms. The maximum Gasteiger partial charge on any atom is 0.190 e. The first-order chi connectivity index (χ1) is 11.3. The minimum atomic E-state index is -0.187. The van der Waals surface area contributed by atoms with Gasteiger partial charge < -0.3 is 15.4 Å². The van der Waals surface area contributed by atoms with Crippen LogP contribution in [0, 0.1) is 5.82 Å². The van der Waals surface area contributed by atoms with Gasteiger partial charge in [-0.3, -0.25) is 4.99 Å². The Morgan fingerprint density at radius 3 is 2.43 bits per heavy atom. The Bertz CT molecular complexity index is 440. The highest BCUT2D eigenvalue weighted by molar-refractivity contribution is 7.99. The van der Waals surface area contributed by atoms with E-state index in [9.17, 15) is 4.39 Å². The van der Waals surface area contributed by atoms with Crippen molar-refractivity contribution in [3.8, 4) is 0 Å². The molecule has 0 aliphatic carbocycles. The minimum absolute atomic E-state index is 0.187. The average Bonchev–Trinajstić information content (AvgIpc) is 2.57. The van der Waals surface area contributed by atoms with Crippen LogP contribution in [-0.4, -0.2) is 45.6 Å². The lowest BCUT2D eigenvalue weighted by atomic mass is 10.2. The molecule has 6 heteroatoms. The van der Waals surface area contributed by atoms with Gasteiger partial charge in [0.2, 0.25) is 0 Å². The second-order valence-corrected chi connectivity index (χ2v) is 6.30. The maximum absolute atomic E-state index is 12.8. The summed E-state index contributed by atoms with van der Waals surface area (Å²) in [6, 6.07) is 6.63. The van der Waals surface area contributed by atoms with Crippen molar-refractivity contribution >= 4 is 17.7 Å². The molecule has 4 nitrogen and oxygen atoms in total. The lowest BCUT2D eigenvalue weighted by molar-refractivity contribution is 0.192. The van der Waals surface area contributed by atoms with Crippen molar-refractivity contribution in [2.24, 2.45) is 4.99 Å². The molecule has 0 spiro atoms. The van der Waals surface area contributed by atoms with Gasteiger partial charge in [0, 0.05) is 38.7 Å². The van der Waals surface area contributed by atoms with E-state index in [1.54, 1.807) is 25.9 Å². The first kappa shape index (κ1) is 19.8. The molecule has 0 aliphatic rings. The molecule has 2 N–H and O–H groups in total. The molecule has 1 aromatic carbocycles. The summed E-state index contributed by atoms with van der Waals surface area (Å²) in [6.45, 7) is 2.63. The zero-order chi connectivity index (χ0) is 16.8. The minimum Gasteiger partial charge on any atom is -0.385 e. The Labute approximate surface area is 143 Å². The fourth-order valence-electron chi connectivity index (χ4n) is 1.98. The quantitative estimate of drug-likeness (QED) is 0.281. The standard InChI is InChI=1S/C17H28FN3OS/c1-19-17(20-11-4-3-5-13-22-2)21-12-6-14-23-16-9-7-15(18)8-10-16/h7-10H,3-6,11-14H2,1-2H3,(H2,19,20,21). The van der Waals surface area contributed by atoms with Gasteiger partial charge in [-0.05, 0) is 55.7 Å². The Morgan fingerprint density at radius 2 is 1.78 bits per heavy atom. The summed E-state index contributed by atoms with van der Waals surface area (Å²) in [4.78, 5) is 5.31. The maximum atomic E-state index is 12.8. The van der Waals surface area contributed by atoms with Crippen LogP contribution in [0.3, 0.4) is 0 Å². The fourth-order valence-corrected chi connectivity index (χ4v) is 2.83. The number of halogens is 1. The van der Waals surface area contributed by atoms with Crippen molar-refractivity contribution in [3.05, 3.63) is 30.1 Å². The lowest BCUT2D eigenvalue weighted by Gasteiger charge is -2.11. The molecule has 23 heavy (non-hydrogen) atoms. The molecule has 0 amide bonds. The van der Waals surface area contributed by atoms with Crippen molar-refractivity contribution in [1.82, 2.24) is 10.6 Å². The van der Waals surface area contributed by atoms with E-state index in [1.807, 2.05) is 12.1 Å². The van der Waals surface area contributed by atoms with E-state index < -0.39 is 0 Å². The molecule has 1 rings (SSSR count). The number of ether oxygens (including phenoxy) is 1. The van der Waals surface area contributed by atoms with E-state index in [-0.39, 0.29) is 5.82 Å². The van der Waals surface area contributed by atoms with Crippen LogP contribution in [0.15, 0.2) is 34.2 Å². The second kappa shape index (κ2) is 13.2. The Kier molecular flexibility index (Phi) is 11.3. The molecule has 0 atom stereocenters. The number of nitrogens with one attached hydrogen (secondary N) is 2. The molecule has 1 aromatic rings. The first-order valence-electron chi connectivity index (χ1n) is 8.08. The van der Waals surface area contributed by atoms with Gasteiger partial charge in [0.1, 0.15) is 5.82 Å². The van der Waals surface area contributed by atoms with E-state index in [0.29, 0.717) is 0 Å². The molecule has 0 aromatic heterocycles. The molecule has 130 valence electrons. The van der Waals surface area contributed by atoms with Gasteiger partial charge in [0.25, 0.3) is 0 Å². The number of benzene rings is 1. The lowest BCUT2D eigenvalue weighted by Crippen LogP contribution is -2.38. The number of guanidine groups is 1. The Morgan fingerprint density at radius 1 is 1.09 bits per heavy atom. The Balaban J connectivity index is 2.03. The molecule has 0 radical (unpaired) electrons. The normalized spacial score (nSPS) is 11.5. The molecule has 0 saturated heterocycles. The van der Waals surface area contributed by atoms with Gasteiger partial charge in [0.05, 0.1) is 0 Å². The summed E-state index contributed by atoms with van der Waals surface area (Å²) in [7, 11) is 3.52. The predicted molar refractivity (Wildman–Crippen MR) is 96.8 cm³/mol. The Hall–Kier alpha value is -1.27. The number of aliphatic imine (C=N–C) groups is 1. The van der Waals surface area contributed by atoms with Gasteiger partial charge in [-0.15, -0.1) is 11.8 Å². The van der Waals surface area contributed by atoms with Crippen LogP contribution in [0.25, 0.3) is 0 Å². The van der Waals surface area contributed by atoms with Crippen LogP contribution in [0.5, 0.6) is 0 Å². The van der Waals surface area contributed by atoms with E-state index >= 15 is 0 Å². The van der Waals surface area contributed by atoms with Crippen molar-refractivity contribution in [2.45, 2.75) is 30.6 Å². The fraction of sp³-hybridized carbons (Fsp3) is 0.588. The molecular formula is C17H28FN3OS. The summed E-state index contributed by atoms with van der Waals surface area (Å²) < 4.78 is 17.8. The highest BCUT2D eigenvalue weighted by Gasteiger charge is 1.98. The SMILES string of the molecule is CN=C(NCCCCCOC)NCCCSc1ccc(F)cc1. The van der Waals surface area contributed by atoms with Crippen LogP contribution >= 0.6 is 11.8 Å².